The van der Waals surface area contributed by atoms with Crippen molar-refractivity contribution in [1.29, 1.82) is 0 Å². The lowest BCUT2D eigenvalue weighted by Gasteiger charge is -2.12. The van der Waals surface area contributed by atoms with E-state index in [1.807, 2.05) is 0 Å². The van der Waals surface area contributed by atoms with Crippen LogP contribution < -0.4 is 0 Å². The summed E-state index contributed by atoms with van der Waals surface area (Å²) in [6.45, 7) is 3.20. The minimum Gasteiger partial charge on any atom is -0.506 e. The van der Waals surface area contributed by atoms with Crippen LogP contribution in [-0.4, -0.2) is 45.9 Å². The third kappa shape index (κ3) is 5.88. The van der Waals surface area contributed by atoms with Gasteiger partial charge in [-0.1, -0.05) is 30.1 Å². The van der Waals surface area contributed by atoms with E-state index >= 15 is 0 Å². The summed E-state index contributed by atoms with van der Waals surface area (Å²) in [6, 6.07) is 0.585. The number of hydrogen-bond acceptors (Lipinski definition) is 7. The van der Waals surface area contributed by atoms with E-state index in [0.717, 1.165) is 0 Å². The van der Waals surface area contributed by atoms with Gasteiger partial charge in [-0.15, -0.1) is 0 Å². The van der Waals surface area contributed by atoms with Crippen LogP contribution >= 0.6 is 23.2 Å². The SMILES string of the molecule is CCOC(=O)CCN=C(CC)C(C(=O)O)=C(O)c1cc(F)c(Cl)c([N+](=O)[O-])c1Cl. The Kier molecular flexibility index (Phi) is 8.99. The molecule has 12 heteroatoms. The lowest BCUT2D eigenvalue weighted by Crippen LogP contribution is -2.16. The first kappa shape index (κ1) is 24.3. The second-order valence-electron chi connectivity index (χ2n) is 5.41. The number of carbonyl (C=O) groups is 2. The highest BCUT2D eigenvalue weighted by molar-refractivity contribution is 6.39. The molecule has 1 rings (SSSR count). The first-order valence-corrected chi connectivity index (χ1v) is 9.00. The molecule has 0 saturated carbocycles. The standard InChI is InChI=1S/C17H17Cl2FN2O7/c1-3-10(21-6-5-11(23)29-4-2)12(17(25)26)16(24)8-7-9(20)14(19)15(13(8)18)22(27)28/h7,24H,3-6H2,1-2H3,(H,25,26). The van der Waals surface area contributed by atoms with Crippen molar-refractivity contribution in [3.8, 4) is 0 Å². The van der Waals surface area contributed by atoms with Crippen LogP contribution in [0, 0.1) is 15.9 Å². The number of hydrogen-bond donors (Lipinski definition) is 2. The van der Waals surface area contributed by atoms with E-state index in [1.165, 1.54) is 6.92 Å². The quantitative estimate of drug-likeness (QED) is 0.109. The number of rotatable bonds is 9. The molecule has 0 bridgehead atoms. The maximum atomic E-state index is 14.0. The zero-order valence-electron chi connectivity index (χ0n) is 15.4. The molecule has 0 unspecified atom stereocenters. The molecule has 0 aliphatic rings. The molecular formula is C17H17Cl2FN2O7. The van der Waals surface area contributed by atoms with Crippen molar-refractivity contribution in [3.63, 3.8) is 0 Å². The van der Waals surface area contributed by atoms with Gasteiger partial charge in [-0.2, -0.15) is 0 Å². The summed E-state index contributed by atoms with van der Waals surface area (Å²) in [6.07, 6.45) is -0.114. The van der Waals surface area contributed by atoms with Gasteiger partial charge in [0.15, 0.2) is 5.02 Å². The van der Waals surface area contributed by atoms with Crippen LogP contribution in [0.2, 0.25) is 10.0 Å². The van der Waals surface area contributed by atoms with Crippen LogP contribution in [0.5, 0.6) is 0 Å². The van der Waals surface area contributed by atoms with Crippen molar-refractivity contribution in [1.82, 2.24) is 0 Å². The van der Waals surface area contributed by atoms with Gasteiger partial charge < -0.3 is 14.9 Å². The van der Waals surface area contributed by atoms with Crippen molar-refractivity contribution >= 4 is 52.3 Å². The maximum Gasteiger partial charge on any atom is 0.341 e. The fourth-order valence-electron chi connectivity index (χ4n) is 2.30. The molecule has 1 aromatic rings. The van der Waals surface area contributed by atoms with Gasteiger partial charge in [0.1, 0.15) is 22.2 Å². The summed E-state index contributed by atoms with van der Waals surface area (Å²) in [4.78, 5) is 37.1. The number of esters is 1. The van der Waals surface area contributed by atoms with Crippen LogP contribution in [0.3, 0.4) is 0 Å². The third-order valence-electron chi connectivity index (χ3n) is 3.57. The van der Waals surface area contributed by atoms with Crippen LogP contribution in [0.4, 0.5) is 10.1 Å². The minimum absolute atomic E-state index is 0.0182. The molecule has 0 amide bonds. The highest BCUT2D eigenvalue weighted by Crippen LogP contribution is 2.40. The molecule has 9 nitrogen and oxygen atoms in total. The van der Waals surface area contributed by atoms with Gasteiger partial charge in [0.25, 0.3) is 0 Å². The summed E-state index contributed by atoms with van der Waals surface area (Å²) in [5.74, 6) is -4.48. The second-order valence-corrected chi connectivity index (χ2v) is 6.16. The number of aliphatic imine (C=N–C) groups is 1. The lowest BCUT2D eigenvalue weighted by atomic mass is 10.0. The summed E-state index contributed by atoms with van der Waals surface area (Å²) in [5.41, 5.74) is -2.52. The van der Waals surface area contributed by atoms with Gasteiger partial charge in [-0.25, -0.2) is 9.18 Å². The number of carbonyl (C=O) groups excluding carboxylic acids is 1. The highest BCUT2D eigenvalue weighted by atomic mass is 35.5. The number of carboxylic acid groups (broad SMARTS) is 1. The molecule has 0 aromatic heterocycles. The third-order valence-corrected chi connectivity index (χ3v) is 4.31. The monoisotopic (exact) mass is 450 g/mol. The number of aliphatic hydroxyl groups is 1. The van der Waals surface area contributed by atoms with Gasteiger partial charge in [0.05, 0.1) is 23.7 Å². The molecule has 0 aliphatic heterocycles. The first-order chi connectivity index (χ1) is 13.6. The second kappa shape index (κ2) is 10.7. The van der Waals surface area contributed by atoms with E-state index in [-0.39, 0.29) is 31.7 Å². The van der Waals surface area contributed by atoms with Crippen molar-refractivity contribution in [2.24, 2.45) is 4.99 Å². The van der Waals surface area contributed by atoms with E-state index in [1.54, 1.807) is 6.92 Å². The molecule has 0 atom stereocenters. The average Bonchev–Trinajstić information content (AvgIpc) is 2.63. The number of aliphatic hydroxyl groups excluding tert-OH is 1. The number of ether oxygens (including phenoxy) is 1. The molecule has 0 saturated heterocycles. The molecule has 1 aromatic carbocycles. The van der Waals surface area contributed by atoms with Crippen molar-refractivity contribution in [2.75, 3.05) is 13.2 Å². The Hall–Kier alpha value is -2.72. The van der Waals surface area contributed by atoms with Crippen LogP contribution in [-0.2, 0) is 14.3 Å². The molecule has 0 fully saturated rings. The number of aliphatic carboxylic acids is 1. The Morgan fingerprint density at radius 3 is 2.38 bits per heavy atom. The zero-order chi connectivity index (χ0) is 22.3. The van der Waals surface area contributed by atoms with Crippen molar-refractivity contribution in [3.05, 3.63) is 43.2 Å². The first-order valence-electron chi connectivity index (χ1n) is 8.24. The Balaban J connectivity index is 3.54. The van der Waals surface area contributed by atoms with E-state index in [9.17, 15) is 34.3 Å². The van der Waals surface area contributed by atoms with E-state index in [0.29, 0.717) is 6.07 Å². The van der Waals surface area contributed by atoms with Crippen molar-refractivity contribution in [2.45, 2.75) is 26.7 Å². The molecule has 0 aliphatic carbocycles. The molecule has 158 valence electrons. The summed E-state index contributed by atoms with van der Waals surface area (Å²) in [5, 5.41) is 29.5. The Bertz CT molecular complexity index is 900. The van der Waals surface area contributed by atoms with Crippen LogP contribution in [0.15, 0.2) is 16.6 Å². The van der Waals surface area contributed by atoms with E-state index in [2.05, 4.69) is 4.99 Å². The Labute approximate surface area is 174 Å². The predicted molar refractivity (Wildman–Crippen MR) is 104 cm³/mol. The number of nitrogens with zero attached hydrogens (tertiary/aromatic N) is 2. The number of carboxylic acids is 1. The smallest absolute Gasteiger partial charge is 0.341 e. The van der Waals surface area contributed by atoms with Crippen LogP contribution in [0.1, 0.15) is 32.3 Å². The lowest BCUT2D eigenvalue weighted by molar-refractivity contribution is -0.384. The van der Waals surface area contributed by atoms with Crippen molar-refractivity contribution < 1.29 is 33.9 Å². The molecule has 0 radical (unpaired) electrons. The minimum atomic E-state index is -1.63. The molecule has 29 heavy (non-hydrogen) atoms. The summed E-state index contributed by atoms with van der Waals surface area (Å²) in [7, 11) is 0. The van der Waals surface area contributed by atoms with Gasteiger partial charge in [-0.3, -0.25) is 19.9 Å². The number of halogens is 3. The molecule has 0 spiro atoms. The fourth-order valence-corrected chi connectivity index (χ4v) is 2.88. The van der Waals surface area contributed by atoms with E-state index in [4.69, 9.17) is 27.9 Å². The Morgan fingerprint density at radius 1 is 1.28 bits per heavy atom. The maximum absolute atomic E-state index is 14.0. The molecule has 0 heterocycles. The van der Waals surface area contributed by atoms with Gasteiger partial charge >= 0.3 is 17.6 Å². The summed E-state index contributed by atoms with van der Waals surface area (Å²) >= 11 is 11.4. The van der Waals surface area contributed by atoms with Gasteiger partial charge in [-0.05, 0) is 19.4 Å². The van der Waals surface area contributed by atoms with Gasteiger partial charge in [0.2, 0.25) is 0 Å². The molecule has 2 N–H and O–H groups in total. The molecular weight excluding hydrogens is 434 g/mol. The highest BCUT2D eigenvalue weighted by Gasteiger charge is 2.30. The fraction of sp³-hybridized carbons (Fsp3) is 0.353. The summed E-state index contributed by atoms with van der Waals surface area (Å²) < 4.78 is 18.7. The number of benzene rings is 1. The number of nitro benzene ring substituents is 1. The predicted octanol–water partition coefficient (Wildman–Crippen LogP) is 4.20. The zero-order valence-corrected chi connectivity index (χ0v) is 16.9. The largest absolute Gasteiger partial charge is 0.506 e. The Morgan fingerprint density at radius 2 is 1.90 bits per heavy atom. The normalized spacial score (nSPS) is 12.4. The average molecular weight is 451 g/mol. The topological polar surface area (TPSA) is 139 Å². The van der Waals surface area contributed by atoms with E-state index < -0.39 is 55.3 Å². The van der Waals surface area contributed by atoms with Crippen LogP contribution in [0.25, 0.3) is 5.76 Å². The number of nitro groups is 1. The van der Waals surface area contributed by atoms with Gasteiger partial charge in [0, 0.05) is 12.1 Å².